The van der Waals surface area contributed by atoms with Gasteiger partial charge in [0.1, 0.15) is 0 Å². The number of alkyl halides is 1. The lowest BCUT2D eigenvalue weighted by atomic mass is 9.91. The monoisotopic (exact) mass is 301 g/mol. The van der Waals surface area contributed by atoms with Crippen molar-refractivity contribution in [2.45, 2.75) is 62.7 Å². The number of halogens is 1. The smallest absolute Gasteiger partial charge is 0.225 e. The summed E-state index contributed by atoms with van der Waals surface area (Å²) >= 11 is 3.75. The third kappa shape index (κ3) is 2.86. The largest absolute Gasteiger partial charge is 0.341 e. The number of nitrogens with zero attached hydrogens (tertiary/aromatic N) is 1. The maximum atomic E-state index is 12.5. The van der Waals surface area contributed by atoms with Gasteiger partial charge in [-0.3, -0.25) is 4.79 Å². The third-order valence-electron chi connectivity index (χ3n) is 4.67. The molecule has 0 aliphatic heterocycles. The Morgan fingerprint density at radius 3 is 2.41 bits per heavy atom. The van der Waals surface area contributed by atoms with Crippen LogP contribution in [0.15, 0.2) is 0 Å². The summed E-state index contributed by atoms with van der Waals surface area (Å²) in [4.78, 5) is 15.1. The zero-order valence-electron chi connectivity index (χ0n) is 11.0. The molecule has 1 amide bonds. The molecule has 0 N–H and O–H groups in total. The minimum absolute atomic E-state index is 0.293. The predicted octanol–water partition coefficient (Wildman–Crippen LogP) is 3.59. The lowest BCUT2D eigenvalue weighted by molar-refractivity contribution is -0.137. The second kappa shape index (κ2) is 5.73. The zero-order valence-corrected chi connectivity index (χ0v) is 12.6. The van der Waals surface area contributed by atoms with Crippen molar-refractivity contribution in [3.63, 3.8) is 0 Å². The van der Waals surface area contributed by atoms with Gasteiger partial charge in [0.25, 0.3) is 0 Å². The van der Waals surface area contributed by atoms with Gasteiger partial charge < -0.3 is 4.90 Å². The Labute approximate surface area is 113 Å². The van der Waals surface area contributed by atoms with E-state index >= 15 is 0 Å². The summed E-state index contributed by atoms with van der Waals surface area (Å²) in [5.41, 5.74) is 0. The van der Waals surface area contributed by atoms with E-state index in [1.54, 1.807) is 0 Å². The molecule has 0 aromatic rings. The van der Waals surface area contributed by atoms with E-state index in [0.717, 1.165) is 6.42 Å². The van der Waals surface area contributed by atoms with E-state index in [4.69, 9.17) is 0 Å². The van der Waals surface area contributed by atoms with Crippen LogP contribution in [-0.2, 0) is 4.79 Å². The average Bonchev–Trinajstić information content (AvgIpc) is 2.74. The van der Waals surface area contributed by atoms with Crippen molar-refractivity contribution in [1.29, 1.82) is 0 Å². The van der Waals surface area contributed by atoms with E-state index in [1.165, 1.54) is 38.5 Å². The van der Waals surface area contributed by atoms with Gasteiger partial charge in [-0.15, -0.1) is 0 Å². The number of amides is 1. The van der Waals surface area contributed by atoms with Crippen LogP contribution in [0.5, 0.6) is 0 Å². The van der Waals surface area contributed by atoms with Crippen molar-refractivity contribution >= 4 is 21.8 Å². The maximum absolute atomic E-state index is 12.5. The van der Waals surface area contributed by atoms with E-state index in [1.807, 2.05) is 11.9 Å². The van der Waals surface area contributed by atoms with E-state index in [-0.39, 0.29) is 0 Å². The highest BCUT2D eigenvalue weighted by atomic mass is 79.9. The molecule has 2 fully saturated rings. The first kappa shape index (κ1) is 13.4. The number of carbonyl (C=O) groups excluding carboxylic acids is 1. The highest BCUT2D eigenvalue weighted by Crippen LogP contribution is 2.35. The molecule has 4 atom stereocenters. The fraction of sp³-hybridized carbons (Fsp3) is 0.929. The molecular formula is C14H24BrNO. The Hall–Kier alpha value is -0.0500. The van der Waals surface area contributed by atoms with Crippen LogP contribution in [0.4, 0.5) is 0 Å². The van der Waals surface area contributed by atoms with Crippen molar-refractivity contribution in [2.24, 2.45) is 11.8 Å². The molecule has 0 aromatic carbocycles. The Bertz CT molecular complexity index is 281. The normalized spacial score (nSPS) is 38.1. The summed E-state index contributed by atoms with van der Waals surface area (Å²) in [5.74, 6) is 1.27. The van der Waals surface area contributed by atoms with Crippen LogP contribution in [0.3, 0.4) is 0 Å². The van der Waals surface area contributed by atoms with Crippen molar-refractivity contribution in [1.82, 2.24) is 4.90 Å². The quantitative estimate of drug-likeness (QED) is 0.714. The molecule has 17 heavy (non-hydrogen) atoms. The molecule has 0 bridgehead atoms. The van der Waals surface area contributed by atoms with Gasteiger partial charge in [0, 0.05) is 23.8 Å². The SMILES string of the molecule is CC1CCCC1C(=O)N(C)C1CCCCC1Br. The molecule has 0 spiro atoms. The van der Waals surface area contributed by atoms with Crippen LogP contribution in [0, 0.1) is 11.8 Å². The molecular weight excluding hydrogens is 278 g/mol. The maximum Gasteiger partial charge on any atom is 0.225 e. The molecule has 2 aliphatic rings. The fourth-order valence-corrected chi connectivity index (χ4v) is 4.38. The van der Waals surface area contributed by atoms with Crippen LogP contribution in [0.1, 0.15) is 51.9 Å². The topological polar surface area (TPSA) is 20.3 Å². The van der Waals surface area contributed by atoms with Gasteiger partial charge in [-0.2, -0.15) is 0 Å². The molecule has 98 valence electrons. The molecule has 0 aromatic heterocycles. The van der Waals surface area contributed by atoms with Gasteiger partial charge in [0.15, 0.2) is 0 Å². The van der Waals surface area contributed by atoms with Crippen LogP contribution in [-0.4, -0.2) is 28.7 Å². The van der Waals surface area contributed by atoms with Crippen LogP contribution in [0.25, 0.3) is 0 Å². The average molecular weight is 302 g/mol. The van der Waals surface area contributed by atoms with Crippen LogP contribution >= 0.6 is 15.9 Å². The Kier molecular flexibility index (Phi) is 4.51. The zero-order chi connectivity index (χ0) is 12.4. The summed E-state index contributed by atoms with van der Waals surface area (Å²) in [6.07, 6.45) is 8.51. The molecule has 2 nitrogen and oxygen atoms in total. The first-order valence-electron chi connectivity index (χ1n) is 7.02. The molecule has 3 heteroatoms. The van der Waals surface area contributed by atoms with Gasteiger partial charge in [0.2, 0.25) is 5.91 Å². The van der Waals surface area contributed by atoms with Crippen molar-refractivity contribution < 1.29 is 4.79 Å². The predicted molar refractivity (Wildman–Crippen MR) is 74.2 cm³/mol. The van der Waals surface area contributed by atoms with Crippen molar-refractivity contribution in [3.8, 4) is 0 Å². The van der Waals surface area contributed by atoms with E-state index in [9.17, 15) is 4.79 Å². The minimum atomic E-state index is 0.293. The Morgan fingerprint density at radius 1 is 1.12 bits per heavy atom. The fourth-order valence-electron chi connectivity index (χ4n) is 3.44. The van der Waals surface area contributed by atoms with Gasteiger partial charge in [-0.1, -0.05) is 42.1 Å². The van der Waals surface area contributed by atoms with Gasteiger partial charge in [0.05, 0.1) is 0 Å². The second-order valence-corrected chi connectivity index (χ2v) is 7.01. The molecule has 2 saturated carbocycles. The van der Waals surface area contributed by atoms with Gasteiger partial charge in [-0.25, -0.2) is 0 Å². The lowest BCUT2D eigenvalue weighted by Crippen LogP contribution is -2.46. The number of carbonyl (C=O) groups is 1. The number of rotatable bonds is 2. The first-order valence-corrected chi connectivity index (χ1v) is 7.93. The lowest BCUT2D eigenvalue weighted by Gasteiger charge is -2.37. The summed E-state index contributed by atoms with van der Waals surface area (Å²) in [6.45, 7) is 2.23. The first-order chi connectivity index (χ1) is 8.11. The summed E-state index contributed by atoms with van der Waals surface area (Å²) in [6, 6.07) is 0.420. The highest BCUT2D eigenvalue weighted by Gasteiger charge is 2.36. The van der Waals surface area contributed by atoms with E-state index < -0.39 is 0 Å². The number of hydrogen-bond donors (Lipinski definition) is 0. The molecule has 2 rings (SSSR count). The van der Waals surface area contributed by atoms with Crippen LogP contribution < -0.4 is 0 Å². The van der Waals surface area contributed by atoms with Crippen LogP contribution in [0.2, 0.25) is 0 Å². The highest BCUT2D eigenvalue weighted by molar-refractivity contribution is 9.09. The van der Waals surface area contributed by atoms with Crippen molar-refractivity contribution in [2.75, 3.05) is 7.05 Å². The molecule has 0 radical (unpaired) electrons. The van der Waals surface area contributed by atoms with Gasteiger partial charge in [-0.05, 0) is 31.6 Å². The molecule has 2 aliphatic carbocycles. The summed E-state index contributed by atoms with van der Waals surface area (Å²) in [7, 11) is 2.01. The summed E-state index contributed by atoms with van der Waals surface area (Å²) in [5, 5.41) is 0. The third-order valence-corrected chi connectivity index (χ3v) is 5.74. The molecule has 0 heterocycles. The second-order valence-electron chi connectivity index (χ2n) is 5.83. The Morgan fingerprint density at radius 2 is 1.82 bits per heavy atom. The number of hydrogen-bond acceptors (Lipinski definition) is 1. The van der Waals surface area contributed by atoms with Crippen molar-refractivity contribution in [3.05, 3.63) is 0 Å². The van der Waals surface area contributed by atoms with Gasteiger partial charge >= 0.3 is 0 Å². The van der Waals surface area contributed by atoms with E-state index in [2.05, 4.69) is 22.9 Å². The summed E-state index contributed by atoms with van der Waals surface area (Å²) < 4.78 is 0. The minimum Gasteiger partial charge on any atom is -0.341 e. The standard InChI is InChI=1S/C14H24BrNO/c1-10-6-5-7-11(10)14(17)16(2)13-9-4-3-8-12(13)15/h10-13H,3-9H2,1-2H3. The van der Waals surface area contributed by atoms with E-state index in [0.29, 0.717) is 28.6 Å². The Balaban J connectivity index is 1.98. The molecule has 4 unspecified atom stereocenters. The molecule has 0 saturated heterocycles.